The number of fused-ring (bicyclic) bond motifs is 3. The standard InChI is InChI=1S/C34H42ClN7O3Si/c1-9-42-26-13-11-21(44-6)15-24(26)34(32(42)43)16-25(34)20-10-12-23-27(14-20)40(5)39-29(23)38-30-28(35)31(37-19-36-30)41-17-22(18-41)45-46(7,8)33(2,3)4/h10-15,19,22,25H,9,16-18H2,1-8H3,(H,36,37,38,39)/t25-,34-/m0/s1. The summed E-state index contributed by atoms with van der Waals surface area (Å²) < 4.78 is 14.0. The van der Waals surface area contributed by atoms with Gasteiger partial charge in [0.1, 0.15) is 17.1 Å². The molecule has 2 fully saturated rings. The second-order valence-electron chi connectivity index (χ2n) is 14.3. The predicted molar refractivity (Wildman–Crippen MR) is 185 cm³/mol. The third kappa shape index (κ3) is 4.69. The van der Waals surface area contributed by atoms with Crippen molar-refractivity contribution in [2.75, 3.05) is 41.9 Å². The maximum absolute atomic E-state index is 13.8. The van der Waals surface area contributed by atoms with Crippen LogP contribution < -0.4 is 19.9 Å². The second-order valence-corrected chi connectivity index (χ2v) is 19.4. The number of hydrogen-bond acceptors (Lipinski definition) is 8. The number of amides is 1. The number of methoxy groups -OCH3 is 1. The summed E-state index contributed by atoms with van der Waals surface area (Å²) in [5.41, 5.74) is 3.58. The molecule has 0 bridgehead atoms. The Labute approximate surface area is 276 Å². The highest BCUT2D eigenvalue weighted by molar-refractivity contribution is 6.74. The molecule has 4 aromatic rings. The molecular weight excluding hydrogens is 618 g/mol. The van der Waals surface area contributed by atoms with Crippen molar-refractivity contribution in [3.05, 3.63) is 58.9 Å². The topological polar surface area (TPSA) is 97.6 Å². The maximum Gasteiger partial charge on any atom is 0.238 e. The molecule has 1 spiro atoms. The molecule has 1 amide bonds. The van der Waals surface area contributed by atoms with Gasteiger partial charge in [-0.15, -0.1) is 0 Å². The molecule has 46 heavy (non-hydrogen) atoms. The van der Waals surface area contributed by atoms with Gasteiger partial charge in [0.25, 0.3) is 0 Å². The third-order valence-corrected chi connectivity index (χ3v) is 15.5. The lowest BCUT2D eigenvalue weighted by Gasteiger charge is -2.46. The number of likely N-dealkylation sites (N-methyl/N-ethyl adjacent to an activating group) is 1. The highest BCUT2D eigenvalue weighted by Crippen LogP contribution is 2.66. The van der Waals surface area contributed by atoms with Gasteiger partial charge >= 0.3 is 0 Å². The SMILES string of the molecule is CCN1C(=O)[C@@]2(C[C@H]2c2ccc3c(Nc4ncnc(N5CC(O[Si](C)(C)C(C)(C)C)C5)c4Cl)nn(C)c3c2)c2cc(OC)ccc21. The van der Waals surface area contributed by atoms with E-state index in [-0.39, 0.29) is 23.0 Å². The molecule has 1 saturated carbocycles. The van der Waals surface area contributed by atoms with E-state index in [9.17, 15) is 4.79 Å². The second kappa shape index (κ2) is 10.7. The lowest BCUT2D eigenvalue weighted by molar-refractivity contribution is -0.120. The molecule has 1 aliphatic carbocycles. The summed E-state index contributed by atoms with van der Waals surface area (Å²) in [5.74, 6) is 2.88. The number of hydrogen-bond donors (Lipinski definition) is 1. The van der Waals surface area contributed by atoms with Crippen molar-refractivity contribution in [1.29, 1.82) is 0 Å². The van der Waals surface area contributed by atoms with Crippen LogP contribution in [0.2, 0.25) is 23.2 Å². The number of carbonyl (C=O) groups is 1. The largest absolute Gasteiger partial charge is 0.497 e. The van der Waals surface area contributed by atoms with E-state index in [0.717, 1.165) is 53.0 Å². The van der Waals surface area contributed by atoms with Crippen molar-refractivity contribution in [2.24, 2.45) is 7.05 Å². The van der Waals surface area contributed by atoms with Gasteiger partial charge in [-0.1, -0.05) is 38.4 Å². The first-order valence-electron chi connectivity index (χ1n) is 16.0. The summed E-state index contributed by atoms with van der Waals surface area (Å²) in [7, 11) is 1.74. The van der Waals surface area contributed by atoms with E-state index in [1.807, 2.05) is 41.8 Å². The Hall–Kier alpha value is -3.67. The van der Waals surface area contributed by atoms with E-state index in [1.54, 1.807) is 7.11 Å². The van der Waals surface area contributed by atoms with Crippen LogP contribution in [0.15, 0.2) is 42.7 Å². The van der Waals surface area contributed by atoms with Crippen molar-refractivity contribution >= 4 is 59.9 Å². The van der Waals surface area contributed by atoms with Gasteiger partial charge < -0.3 is 24.3 Å². The van der Waals surface area contributed by atoms with E-state index in [0.29, 0.717) is 29.0 Å². The molecule has 1 N–H and O–H groups in total. The summed E-state index contributed by atoms with van der Waals surface area (Å²) in [6.45, 7) is 15.5. The first-order chi connectivity index (χ1) is 21.8. The van der Waals surface area contributed by atoms with E-state index in [2.05, 4.69) is 72.2 Å². The number of anilines is 4. The highest BCUT2D eigenvalue weighted by atomic mass is 35.5. The van der Waals surface area contributed by atoms with Gasteiger partial charge in [-0.2, -0.15) is 5.10 Å². The smallest absolute Gasteiger partial charge is 0.238 e. The summed E-state index contributed by atoms with van der Waals surface area (Å²) in [6.07, 6.45) is 2.48. The number of aryl methyl sites for hydroxylation is 1. The Bertz CT molecular complexity index is 1870. The molecule has 0 radical (unpaired) electrons. The van der Waals surface area contributed by atoms with Crippen LogP contribution in [-0.2, 0) is 21.7 Å². The molecule has 2 aliphatic heterocycles. The minimum Gasteiger partial charge on any atom is -0.497 e. The first kappa shape index (κ1) is 31.0. The van der Waals surface area contributed by atoms with Crippen LogP contribution in [0.1, 0.15) is 51.2 Å². The lowest BCUT2D eigenvalue weighted by Crippen LogP contribution is -2.58. The van der Waals surface area contributed by atoms with Gasteiger partial charge in [0.05, 0.1) is 24.1 Å². The van der Waals surface area contributed by atoms with Gasteiger partial charge in [-0.25, -0.2) is 9.97 Å². The average Bonchev–Trinajstić information content (AvgIpc) is 3.62. The van der Waals surface area contributed by atoms with Gasteiger partial charge in [0, 0.05) is 43.7 Å². The molecule has 0 unspecified atom stereocenters. The minimum atomic E-state index is -1.85. The summed E-state index contributed by atoms with van der Waals surface area (Å²) in [6, 6.07) is 12.3. The zero-order valence-corrected chi connectivity index (χ0v) is 29.6. The number of nitrogens with zero attached hydrogens (tertiary/aromatic N) is 6. The van der Waals surface area contributed by atoms with E-state index < -0.39 is 13.7 Å². The molecule has 2 atom stereocenters. The first-order valence-corrected chi connectivity index (χ1v) is 19.2. The Balaban J connectivity index is 1.11. The number of ether oxygens (including phenoxy) is 1. The molecule has 7 rings (SSSR count). The van der Waals surface area contributed by atoms with Gasteiger partial charge in [-0.3, -0.25) is 9.48 Å². The molecule has 12 heteroatoms. The van der Waals surface area contributed by atoms with Crippen LogP contribution in [0.25, 0.3) is 10.9 Å². The van der Waals surface area contributed by atoms with Crippen molar-refractivity contribution in [3.63, 3.8) is 0 Å². The Morgan fingerprint density at radius 2 is 1.87 bits per heavy atom. The third-order valence-electron chi connectivity index (χ3n) is 10.6. The molecule has 1 saturated heterocycles. The van der Waals surface area contributed by atoms with Gasteiger partial charge in [0.15, 0.2) is 25.8 Å². The van der Waals surface area contributed by atoms with Crippen LogP contribution in [0.4, 0.5) is 23.1 Å². The maximum atomic E-state index is 13.8. The number of carbonyl (C=O) groups excluding carboxylic acids is 1. The number of halogens is 1. The monoisotopic (exact) mass is 659 g/mol. The van der Waals surface area contributed by atoms with Crippen molar-refractivity contribution < 1.29 is 14.0 Å². The van der Waals surface area contributed by atoms with E-state index >= 15 is 0 Å². The number of benzene rings is 2. The predicted octanol–water partition coefficient (Wildman–Crippen LogP) is 6.77. The van der Waals surface area contributed by atoms with Crippen molar-refractivity contribution in [2.45, 2.75) is 69.7 Å². The van der Waals surface area contributed by atoms with Crippen LogP contribution in [0.5, 0.6) is 5.75 Å². The highest BCUT2D eigenvalue weighted by Gasteiger charge is 2.67. The summed E-state index contributed by atoms with van der Waals surface area (Å²) in [4.78, 5) is 26.8. The molecule has 3 aliphatic rings. The van der Waals surface area contributed by atoms with E-state index in [4.69, 9.17) is 25.9 Å². The molecule has 4 heterocycles. The molecule has 10 nitrogen and oxygen atoms in total. The molecule has 242 valence electrons. The summed E-state index contributed by atoms with van der Waals surface area (Å²) in [5, 5.41) is 9.71. The number of aromatic nitrogens is 4. The van der Waals surface area contributed by atoms with Crippen molar-refractivity contribution in [1.82, 2.24) is 19.7 Å². The Morgan fingerprint density at radius 3 is 2.57 bits per heavy atom. The van der Waals surface area contributed by atoms with Crippen LogP contribution >= 0.6 is 11.6 Å². The Kier molecular flexibility index (Phi) is 7.19. The quantitative estimate of drug-likeness (QED) is 0.207. The zero-order valence-electron chi connectivity index (χ0n) is 27.8. The normalized spacial score (nSPS) is 21.2. The fourth-order valence-corrected chi connectivity index (χ4v) is 8.46. The summed E-state index contributed by atoms with van der Waals surface area (Å²) >= 11 is 6.88. The average molecular weight is 660 g/mol. The van der Waals surface area contributed by atoms with Crippen LogP contribution in [0.3, 0.4) is 0 Å². The lowest BCUT2D eigenvalue weighted by atomic mass is 9.91. The molecule has 2 aromatic carbocycles. The number of nitrogens with one attached hydrogen (secondary N) is 1. The van der Waals surface area contributed by atoms with E-state index in [1.165, 1.54) is 6.33 Å². The zero-order chi connectivity index (χ0) is 32.8. The molecule has 2 aromatic heterocycles. The Morgan fingerprint density at radius 1 is 1.11 bits per heavy atom. The van der Waals surface area contributed by atoms with Gasteiger partial charge in [0.2, 0.25) is 5.91 Å². The molecular formula is C34H42ClN7O3Si. The fraction of sp³-hybridized carbons (Fsp3) is 0.471. The van der Waals surface area contributed by atoms with Crippen LogP contribution in [-0.4, -0.2) is 66.8 Å². The van der Waals surface area contributed by atoms with Crippen molar-refractivity contribution in [3.8, 4) is 5.75 Å². The fourth-order valence-electron chi connectivity index (χ4n) is 6.86. The number of rotatable bonds is 8. The van der Waals surface area contributed by atoms with Crippen LogP contribution in [0, 0.1) is 0 Å². The minimum absolute atomic E-state index is 0.0814. The van der Waals surface area contributed by atoms with Gasteiger partial charge in [-0.05, 0) is 72.9 Å².